The number of hydrogen-bond donors (Lipinski definition) is 0. The van der Waals surface area contributed by atoms with Crippen LogP contribution in [0.25, 0.3) is 22.0 Å². The summed E-state index contributed by atoms with van der Waals surface area (Å²) in [6.07, 6.45) is 7.89. The molecule has 144 valence electrons. The first kappa shape index (κ1) is 18.0. The lowest BCUT2D eigenvalue weighted by Gasteiger charge is -2.27. The van der Waals surface area contributed by atoms with Gasteiger partial charge in [0.1, 0.15) is 11.3 Å². The van der Waals surface area contributed by atoms with Crippen LogP contribution in [0.4, 0.5) is 0 Å². The molecule has 5 rings (SSSR count). The first-order valence-corrected chi connectivity index (χ1v) is 10.4. The highest BCUT2D eigenvalue weighted by Gasteiger charge is 2.21. The van der Waals surface area contributed by atoms with E-state index < -0.39 is 0 Å². The van der Waals surface area contributed by atoms with Crippen LogP contribution in [0.1, 0.15) is 21.8 Å². The van der Waals surface area contributed by atoms with E-state index in [1.54, 1.807) is 23.7 Å². The van der Waals surface area contributed by atoms with Gasteiger partial charge in [0.15, 0.2) is 5.82 Å². The minimum absolute atomic E-state index is 0.698. The SMILES string of the molecule is Cc1nc(-c2ccccc2)sc1CN1CCc2nc(-c3cncnc3)ncc2C1. The second-order valence-corrected chi connectivity index (χ2v) is 8.23. The van der Waals surface area contributed by atoms with Crippen LogP contribution in [0.3, 0.4) is 0 Å². The molecule has 0 fully saturated rings. The Bertz CT molecular complexity index is 1130. The standard InChI is InChI=1S/C22H20N6S/c1-15-20(29-22(26-15)16-5-3-2-4-6-16)13-28-8-7-19-18(12-28)11-25-21(27-19)17-9-23-14-24-10-17/h2-6,9-11,14H,7-8,12-13H2,1H3. The van der Waals surface area contributed by atoms with E-state index in [0.29, 0.717) is 5.82 Å². The third kappa shape index (κ3) is 3.79. The number of nitrogens with zero attached hydrogens (tertiary/aromatic N) is 6. The van der Waals surface area contributed by atoms with Crippen molar-refractivity contribution in [2.24, 2.45) is 0 Å². The van der Waals surface area contributed by atoms with E-state index in [-0.39, 0.29) is 0 Å². The van der Waals surface area contributed by atoms with Crippen molar-refractivity contribution in [3.05, 3.63) is 77.1 Å². The molecule has 0 unspecified atom stereocenters. The summed E-state index contributed by atoms with van der Waals surface area (Å²) in [5.41, 5.74) is 5.48. The minimum Gasteiger partial charge on any atom is -0.293 e. The van der Waals surface area contributed by atoms with Crippen LogP contribution in [-0.2, 0) is 19.5 Å². The summed E-state index contributed by atoms with van der Waals surface area (Å²) in [4.78, 5) is 26.0. The predicted octanol–water partition coefficient (Wildman–Crippen LogP) is 3.92. The van der Waals surface area contributed by atoms with Crippen molar-refractivity contribution in [3.63, 3.8) is 0 Å². The summed E-state index contributed by atoms with van der Waals surface area (Å²) in [5.74, 6) is 0.698. The van der Waals surface area contributed by atoms with Gasteiger partial charge in [-0.3, -0.25) is 4.90 Å². The van der Waals surface area contributed by atoms with Gasteiger partial charge in [-0.25, -0.2) is 24.9 Å². The lowest BCUT2D eigenvalue weighted by Crippen LogP contribution is -2.30. The van der Waals surface area contributed by atoms with Crippen LogP contribution in [0, 0.1) is 6.92 Å². The topological polar surface area (TPSA) is 67.7 Å². The van der Waals surface area contributed by atoms with Gasteiger partial charge < -0.3 is 0 Å². The van der Waals surface area contributed by atoms with Crippen LogP contribution in [0.15, 0.2) is 55.2 Å². The fourth-order valence-electron chi connectivity index (χ4n) is 3.55. The Hall–Kier alpha value is -3.03. The monoisotopic (exact) mass is 400 g/mol. The largest absolute Gasteiger partial charge is 0.293 e. The van der Waals surface area contributed by atoms with E-state index in [0.717, 1.165) is 48.0 Å². The molecule has 7 heteroatoms. The molecule has 0 aliphatic carbocycles. The van der Waals surface area contributed by atoms with E-state index >= 15 is 0 Å². The molecule has 1 aromatic carbocycles. The highest BCUT2D eigenvalue weighted by atomic mass is 32.1. The third-order valence-electron chi connectivity index (χ3n) is 5.11. The number of hydrogen-bond acceptors (Lipinski definition) is 7. The summed E-state index contributed by atoms with van der Waals surface area (Å²) >= 11 is 1.79. The van der Waals surface area contributed by atoms with Gasteiger partial charge in [-0.15, -0.1) is 11.3 Å². The smallest absolute Gasteiger partial charge is 0.162 e. The van der Waals surface area contributed by atoms with Crippen molar-refractivity contribution in [3.8, 4) is 22.0 Å². The molecule has 0 bridgehead atoms. The van der Waals surface area contributed by atoms with E-state index in [1.807, 2.05) is 12.3 Å². The molecular weight excluding hydrogens is 380 g/mol. The zero-order valence-corrected chi connectivity index (χ0v) is 16.9. The molecule has 6 nitrogen and oxygen atoms in total. The first-order valence-electron chi connectivity index (χ1n) is 9.60. The summed E-state index contributed by atoms with van der Waals surface area (Å²) in [6.45, 7) is 4.85. The quantitative estimate of drug-likeness (QED) is 0.517. The van der Waals surface area contributed by atoms with Crippen LogP contribution in [0.2, 0.25) is 0 Å². The van der Waals surface area contributed by atoms with Crippen molar-refractivity contribution in [1.82, 2.24) is 29.8 Å². The molecule has 0 saturated carbocycles. The molecule has 0 radical (unpaired) electrons. The van der Waals surface area contributed by atoms with Gasteiger partial charge in [0, 0.05) is 60.6 Å². The highest BCUT2D eigenvalue weighted by molar-refractivity contribution is 7.15. The van der Waals surface area contributed by atoms with Crippen LogP contribution in [0.5, 0.6) is 0 Å². The second-order valence-electron chi connectivity index (χ2n) is 7.15. The predicted molar refractivity (Wildman–Crippen MR) is 113 cm³/mol. The van der Waals surface area contributed by atoms with Crippen molar-refractivity contribution in [2.45, 2.75) is 26.4 Å². The Morgan fingerprint density at radius 3 is 2.66 bits per heavy atom. The number of fused-ring (bicyclic) bond motifs is 1. The Balaban J connectivity index is 1.32. The van der Waals surface area contributed by atoms with Gasteiger partial charge >= 0.3 is 0 Å². The van der Waals surface area contributed by atoms with Crippen molar-refractivity contribution >= 4 is 11.3 Å². The molecular formula is C22H20N6S. The van der Waals surface area contributed by atoms with E-state index in [9.17, 15) is 0 Å². The van der Waals surface area contributed by atoms with Crippen molar-refractivity contribution < 1.29 is 0 Å². The molecule has 0 N–H and O–H groups in total. The Morgan fingerprint density at radius 2 is 1.83 bits per heavy atom. The number of aromatic nitrogens is 5. The fraction of sp³-hybridized carbons (Fsp3) is 0.227. The maximum Gasteiger partial charge on any atom is 0.162 e. The van der Waals surface area contributed by atoms with Crippen LogP contribution in [-0.4, -0.2) is 36.4 Å². The average Bonchev–Trinajstić information content (AvgIpc) is 3.15. The molecule has 4 heterocycles. The number of benzene rings is 1. The average molecular weight is 401 g/mol. The fourth-order valence-corrected chi connectivity index (χ4v) is 4.66. The number of rotatable bonds is 4. The first-order chi connectivity index (χ1) is 14.3. The highest BCUT2D eigenvalue weighted by Crippen LogP contribution is 2.30. The molecule has 1 aliphatic rings. The van der Waals surface area contributed by atoms with Gasteiger partial charge in [-0.1, -0.05) is 30.3 Å². The molecule has 1 aliphatic heterocycles. The van der Waals surface area contributed by atoms with Crippen LogP contribution < -0.4 is 0 Å². The van der Waals surface area contributed by atoms with Gasteiger partial charge in [-0.2, -0.15) is 0 Å². The lowest BCUT2D eigenvalue weighted by molar-refractivity contribution is 0.244. The van der Waals surface area contributed by atoms with Gasteiger partial charge in [-0.05, 0) is 6.92 Å². The maximum atomic E-state index is 4.79. The maximum absolute atomic E-state index is 4.79. The lowest BCUT2D eigenvalue weighted by atomic mass is 10.1. The van der Waals surface area contributed by atoms with Crippen molar-refractivity contribution in [1.29, 1.82) is 0 Å². The minimum atomic E-state index is 0.698. The van der Waals surface area contributed by atoms with E-state index in [1.165, 1.54) is 22.3 Å². The van der Waals surface area contributed by atoms with Gasteiger partial charge in [0.2, 0.25) is 0 Å². The van der Waals surface area contributed by atoms with Gasteiger partial charge in [0.05, 0.1) is 17.0 Å². The Kier molecular flexibility index (Phi) is 4.83. The van der Waals surface area contributed by atoms with Gasteiger partial charge in [0.25, 0.3) is 0 Å². The summed E-state index contributed by atoms with van der Waals surface area (Å²) in [5, 5.41) is 1.09. The third-order valence-corrected chi connectivity index (χ3v) is 6.30. The molecule has 0 spiro atoms. The molecule has 0 amide bonds. The second kappa shape index (κ2) is 7.77. The summed E-state index contributed by atoms with van der Waals surface area (Å²) in [6, 6.07) is 10.4. The van der Waals surface area contributed by atoms with E-state index in [4.69, 9.17) is 9.97 Å². The Labute approximate surface area is 173 Å². The van der Waals surface area contributed by atoms with Crippen LogP contribution >= 0.6 is 11.3 Å². The molecule has 0 saturated heterocycles. The van der Waals surface area contributed by atoms with Crippen molar-refractivity contribution in [2.75, 3.05) is 6.54 Å². The zero-order chi connectivity index (χ0) is 19.6. The Morgan fingerprint density at radius 1 is 1.00 bits per heavy atom. The molecule has 29 heavy (non-hydrogen) atoms. The molecule has 3 aromatic heterocycles. The molecule has 4 aromatic rings. The number of aryl methyl sites for hydroxylation is 1. The summed E-state index contributed by atoms with van der Waals surface area (Å²) in [7, 11) is 0. The molecule has 0 atom stereocenters. The summed E-state index contributed by atoms with van der Waals surface area (Å²) < 4.78 is 0. The number of thiazole rings is 1. The zero-order valence-electron chi connectivity index (χ0n) is 16.1. The van der Waals surface area contributed by atoms with E-state index in [2.05, 4.69) is 51.0 Å². The normalized spacial score (nSPS) is 14.0.